The Morgan fingerprint density at radius 3 is 2.25 bits per heavy atom. The zero-order valence-corrected chi connectivity index (χ0v) is 21.0. The number of aliphatic imine (C=N–C) groups is 1. The number of amidine groups is 1. The van der Waals surface area contributed by atoms with E-state index in [1.54, 1.807) is 4.90 Å². The van der Waals surface area contributed by atoms with Gasteiger partial charge in [0.05, 0.1) is 16.3 Å². The highest BCUT2D eigenvalue weighted by Crippen LogP contribution is 2.37. The molecule has 0 saturated carbocycles. The molecule has 0 atom stereocenters. The summed E-state index contributed by atoms with van der Waals surface area (Å²) < 4.78 is 5.98. The van der Waals surface area contributed by atoms with Crippen LogP contribution in [0.15, 0.2) is 113 Å². The third kappa shape index (κ3) is 5.58. The van der Waals surface area contributed by atoms with E-state index in [9.17, 15) is 4.79 Å². The first-order valence-electron chi connectivity index (χ1n) is 11.8. The summed E-state index contributed by atoms with van der Waals surface area (Å²) in [7, 11) is 0. The van der Waals surface area contributed by atoms with E-state index >= 15 is 0 Å². The SMILES string of the molecule is Cc1ccc(N=C2S/C(=C\c3cccc(OCc4ccccc4)c3)C(=O)N2c2ccc(C)cc2)cc1. The van der Waals surface area contributed by atoms with Gasteiger partial charge in [0.1, 0.15) is 12.4 Å². The van der Waals surface area contributed by atoms with Crippen LogP contribution >= 0.6 is 11.8 Å². The molecule has 0 spiro atoms. The average Bonchev–Trinajstić information content (AvgIpc) is 3.19. The van der Waals surface area contributed by atoms with Gasteiger partial charge in [-0.15, -0.1) is 0 Å². The number of ether oxygens (including phenoxy) is 1. The Hall–Kier alpha value is -4.09. The second-order valence-corrected chi connectivity index (χ2v) is 9.67. The highest BCUT2D eigenvalue weighted by atomic mass is 32.2. The topological polar surface area (TPSA) is 41.9 Å². The molecule has 4 aromatic rings. The summed E-state index contributed by atoms with van der Waals surface area (Å²) in [5.74, 6) is 0.665. The Balaban J connectivity index is 1.44. The molecule has 4 aromatic carbocycles. The van der Waals surface area contributed by atoms with Crippen LogP contribution in [0, 0.1) is 13.8 Å². The van der Waals surface area contributed by atoms with E-state index in [0.717, 1.165) is 33.8 Å². The first-order chi connectivity index (χ1) is 17.5. The van der Waals surface area contributed by atoms with Crippen LogP contribution in [0.2, 0.25) is 0 Å². The smallest absolute Gasteiger partial charge is 0.271 e. The maximum Gasteiger partial charge on any atom is 0.271 e. The van der Waals surface area contributed by atoms with E-state index in [-0.39, 0.29) is 5.91 Å². The number of nitrogens with zero attached hydrogens (tertiary/aromatic N) is 2. The molecule has 1 fully saturated rings. The first-order valence-corrected chi connectivity index (χ1v) is 12.6. The summed E-state index contributed by atoms with van der Waals surface area (Å²) in [5, 5.41) is 0.635. The second-order valence-electron chi connectivity index (χ2n) is 8.66. The number of hydrogen-bond donors (Lipinski definition) is 0. The highest BCUT2D eigenvalue weighted by molar-refractivity contribution is 8.19. The molecule has 0 radical (unpaired) electrons. The lowest BCUT2D eigenvalue weighted by Crippen LogP contribution is -2.28. The Morgan fingerprint density at radius 1 is 0.833 bits per heavy atom. The van der Waals surface area contributed by atoms with E-state index in [4.69, 9.17) is 9.73 Å². The van der Waals surface area contributed by atoms with Crippen molar-refractivity contribution < 1.29 is 9.53 Å². The molecule has 5 heteroatoms. The van der Waals surface area contributed by atoms with E-state index < -0.39 is 0 Å². The van der Waals surface area contributed by atoms with Crippen molar-refractivity contribution in [3.8, 4) is 5.75 Å². The molecular formula is C31H26N2O2S. The van der Waals surface area contributed by atoms with Crippen molar-refractivity contribution in [3.05, 3.63) is 130 Å². The van der Waals surface area contributed by atoms with Gasteiger partial charge in [0.25, 0.3) is 5.91 Å². The van der Waals surface area contributed by atoms with Crippen LogP contribution in [-0.4, -0.2) is 11.1 Å². The van der Waals surface area contributed by atoms with Gasteiger partial charge in [0, 0.05) is 0 Å². The maximum atomic E-state index is 13.6. The molecule has 0 aromatic heterocycles. The summed E-state index contributed by atoms with van der Waals surface area (Å²) in [6, 6.07) is 33.8. The molecule has 4 nitrogen and oxygen atoms in total. The van der Waals surface area contributed by atoms with E-state index in [0.29, 0.717) is 16.7 Å². The molecule has 1 saturated heterocycles. The van der Waals surface area contributed by atoms with Gasteiger partial charge in [-0.2, -0.15) is 0 Å². The lowest BCUT2D eigenvalue weighted by Gasteiger charge is -2.16. The number of benzene rings is 4. The van der Waals surface area contributed by atoms with Gasteiger partial charge in [-0.3, -0.25) is 9.69 Å². The number of anilines is 1. The molecule has 1 amide bonds. The van der Waals surface area contributed by atoms with Crippen molar-refractivity contribution in [1.29, 1.82) is 0 Å². The van der Waals surface area contributed by atoms with Gasteiger partial charge in [-0.05, 0) is 79.2 Å². The summed E-state index contributed by atoms with van der Waals surface area (Å²) in [6.07, 6.45) is 1.90. The molecule has 5 rings (SSSR count). The van der Waals surface area contributed by atoms with Crippen molar-refractivity contribution in [2.75, 3.05) is 4.90 Å². The number of carbonyl (C=O) groups is 1. The van der Waals surface area contributed by atoms with Crippen LogP contribution in [0.25, 0.3) is 6.08 Å². The zero-order chi connectivity index (χ0) is 24.9. The Labute approximate surface area is 216 Å². The van der Waals surface area contributed by atoms with Crippen LogP contribution in [0.4, 0.5) is 11.4 Å². The standard InChI is InChI=1S/C31H26N2O2S/c1-22-11-15-26(16-12-22)32-31-33(27-17-13-23(2)14-18-27)30(34)29(36-31)20-25-9-6-10-28(19-25)35-21-24-7-4-3-5-8-24/h3-20H,21H2,1-2H3/b29-20-,32-31?. The fraction of sp³-hybridized carbons (Fsp3) is 0.0968. The molecule has 0 unspecified atom stereocenters. The molecule has 1 aliphatic rings. The predicted octanol–water partition coefficient (Wildman–Crippen LogP) is 7.69. The molecule has 1 aliphatic heterocycles. The minimum Gasteiger partial charge on any atom is -0.489 e. The normalized spacial score (nSPS) is 15.6. The van der Waals surface area contributed by atoms with Crippen molar-refractivity contribution in [2.24, 2.45) is 4.99 Å². The Morgan fingerprint density at radius 2 is 1.53 bits per heavy atom. The van der Waals surface area contributed by atoms with Crippen LogP contribution in [0.5, 0.6) is 5.75 Å². The summed E-state index contributed by atoms with van der Waals surface area (Å²) in [6.45, 7) is 4.56. The van der Waals surface area contributed by atoms with Crippen LogP contribution in [0.3, 0.4) is 0 Å². The van der Waals surface area contributed by atoms with Crippen LogP contribution < -0.4 is 9.64 Å². The lowest BCUT2D eigenvalue weighted by atomic mass is 10.2. The quantitative estimate of drug-likeness (QED) is 0.260. The van der Waals surface area contributed by atoms with Gasteiger partial charge < -0.3 is 4.74 Å². The predicted molar refractivity (Wildman–Crippen MR) is 150 cm³/mol. The average molecular weight is 491 g/mol. The lowest BCUT2D eigenvalue weighted by molar-refractivity contribution is -0.113. The van der Waals surface area contributed by atoms with E-state index in [1.165, 1.54) is 17.3 Å². The van der Waals surface area contributed by atoms with Gasteiger partial charge >= 0.3 is 0 Å². The molecular weight excluding hydrogens is 464 g/mol. The minimum absolute atomic E-state index is 0.0923. The molecule has 0 N–H and O–H groups in total. The molecule has 1 heterocycles. The van der Waals surface area contributed by atoms with Crippen molar-refractivity contribution in [3.63, 3.8) is 0 Å². The second kappa shape index (κ2) is 10.7. The Bertz CT molecular complexity index is 1430. The number of amides is 1. The Kier molecular flexibility index (Phi) is 7.01. The number of rotatable bonds is 6. The summed E-state index contributed by atoms with van der Waals surface area (Å²) in [4.78, 5) is 20.7. The monoisotopic (exact) mass is 490 g/mol. The van der Waals surface area contributed by atoms with E-state index in [1.807, 2.05) is 123 Å². The number of thioether (sulfide) groups is 1. The van der Waals surface area contributed by atoms with Crippen molar-refractivity contribution in [2.45, 2.75) is 20.5 Å². The van der Waals surface area contributed by atoms with Crippen LogP contribution in [0.1, 0.15) is 22.3 Å². The van der Waals surface area contributed by atoms with Gasteiger partial charge in [0.15, 0.2) is 5.17 Å². The van der Waals surface area contributed by atoms with E-state index in [2.05, 4.69) is 0 Å². The third-order valence-electron chi connectivity index (χ3n) is 5.76. The van der Waals surface area contributed by atoms with Crippen LogP contribution in [-0.2, 0) is 11.4 Å². The van der Waals surface area contributed by atoms with Crippen molar-refractivity contribution >= 4 is 40.3 Å². The maximum absolute atomic E-state index is 13.6. The molecule has 36 heavy (non-hydrogen) atoms. The van der Waals surface area contributed by atoms with Gasteiger partial charge in [-0.25, -0.2) is 4.99 Å². The third-order valence-corrected chi connectivity index (χ3v) is 6.73. The summed E-state index contributed by atoms with van der Waals surface area (Å²) >= 11 is 1.38. The number of aryl methyl sites for hydroxylation is 2. The van der Waals surface area contributed by atoms with Crippen molar-refractivity contribution in [1.82, 2.24) is 0 Å². The number of carbonyl (C=O) groups excluding carboxylic acids is 1. The van der Waals surface area contributed by atoms with Gasteiger partial charge in [0.2, 0.25) is 0 Å². The van der Waals surface area contributed by atoms with Gasteiger partial charge in [-0.1, -0.05) is 77.9 Å². The highest BCUT2D eigenvalue weighted by Gasteiger charge is 2.34. The first kappa shape index (κ1) is 23.6. The fourth-order valence-corrected chi connectivity index (χ4v) is 4.79. The number of hydrogen-bond acceptors (Lipinski definition) is 4. The molecule has 0 bridgehead atoms. The molecule has 0 aliphatic carbocycles. The fourth-order valence-electron chi connectivity index (χ4n) is 3.79. The summed E-state index contributed by atoms with van der Waals surface area (Å²) in [5.41, 5.74) is 5.92. The molecule has 178 valence electrons. The minimum atomic E-state index is -0.0923. The largest absolute Gasteiger partial charge is 0.489 e. The zero-order valence-electron chi connectivity index (χ0n) is 20.2.